The molecule has 0 fully saturated rings. The van der Waals surface area contributed by atoms with E-state index in [1.807, 2.05) is 23.2 Å². The average molecular weight is 463 g/mol. The molecule has 0 radical (unpaired) electrons. The maximum atomic E-state index is 11.9. The lowest BCUT2D eigenvalue weighted by molar-refractivity contribution is -0.0209. The summed E-state index contributed by atoms with van der Waals surface area (Å²) in [6.07, 6.45) is 0.215. The molecule has 0 unspecified atom stereocenters. The van der Waals surface area contributed by atoms with Crippen LogP contribution < -0.4 is 9.47 Å². The van der Waals surface area contributed by atoms with E-state index in [4.69, 9.17) is 30.9 Å². The van der Waals surface area contributed by atoms with Gasteiger partial charge in [0.2, 0.25) is 6.23 Å². The molecular formula is C26H23ClN2O4. The number of rotatable bonds is 4. The summed E-state index contributed by atoms with van der Waals surface area (Å²) in [6.45, 7) is 2.07. The van der Waals surface area contributed by atoms with Crippen LogP contribution in [0.5, 0.6) is 11.5 Å². The van der Waals surface area contributed by atoms with E-state index in [2.05, 4.69) is 31.2 Å². The van der Waals surface area contributed by atoms with Gasteiger partial charge >= 0.3 is 5.97 Å². The third-order valence-electron chi connectivity index (χ3n) is 6.04. The first-order valence-corrected chi connectivity index (χ1v) is 11.0. The van der Waals surface area contributed by atoms with Gasteiger partial charge in [0.05, 0.1) is 31.5 Å². The Morgan fingerprint density at radius 2 is 1.82 bits per heavy atom. The number of carbonyl (C=O) groups is 1. The third-order valence-corrected chi connectivity index (χ3v) is 6.26. The van der Waals surface area contributed by atoms with Crippen LogP contribution >= 0.6 is 11.6 Å². The predicted octanol–water partition coefficient (Wildman–Crippen LogP) is 5.69. The number of halogens is 1. The van der Waals surface area contributed by atoms with Crippen LogP contribution in [0.2, 0.25) is 5.02 Å². The molecule has 3 aromatic carbocycles. The molecule has 0 saturated heterocycles. The van der Waals surface area contributed by atoms with Gasteiger partial charge in [-0.05, 0) is 30.7 Å². The topological polar surface area (TPSA) is 60.4 Å². The molecule has 6 nitrogen and oxygen atoms in total. The quantitative estimate of drug-likeness (QED) is 0.466. The van der Waals surface area contributed by atoms with Crippen molar-refractivity contribution >= 4 is 23.3 Å². The van der Waals surface area contributed by atoms with E-state index in [0.717, 1.165) is 22.4 Å². The molecule has 3 aromatic rings. The van der Waals surface area contributed by atoms with Crippen LogP contribution in [-0.4, -0.2) is 30.9 Å². The summed E-state index contributed by atoms with van der Waals surface area (Å²) in [6, 6.07) is 19.1. The van der Waals surface area contributed by atoms with Gasteiger partial charge in [-0.1, -0.05) is 53.6 Å². The second-order valence-electron chi connectivity index (χ2n) is 8.12. The minimum atomic E-state index is -0.493. The molecule has 0 amide bonds. The molecule has 33 heavy (non-hydrogen) atoms. The van der Waals surface area contributed by atoms with Crippen LogP contribution in [0.4, 0.5) is 0 Å². The minimum Gasteiger partial charge on any atom is -0.493 e. The predicted molar refractivity (Wildman–Crippen MR) is 126 cm³/mol. The van der Waals surface area contributed by atoms with Crippen LogP contribution in [-0.2, 0) is 4.74 Å². The molecule has 0 aliphatic carbocycles. The van der Waals surface area contributed by atoms with Gasteiger partial charge in [0, 0.05) is 28.6 Å². The lowest BCUT2D eigenvalue weighted by atomic mass is 9.95. The molecule has 0 N–H and O–H groups in total. The fourth-order valence-corrected chi connectivity index (χ4v) is 4.54. The maximum absolute atomic E-state index is 11.9. The molecule has 168 valence electrons. The van der Waals surface area contributed by atoms with E-state index < -0.39 is 6.23 Å². The van der Waals surface area contributed by atoms with Crippen LogP contribution in [0.25, 0.3) is 0 Å². The highest BCUT2D eigenvalue weighted by molar-refractivity contribution is 6.30. The Kier molecular flexibility index (Phi) is 5.46. The van der Waals surface area contributed by atoms with E-state index in [9.17, 15) is 4.79 Å². The number of esters is 1. The summed E-state index contributed by atoms with van der Waals surface area (Å²) in [5.74, 6) is 0.856. The first-order chi connectivity index (χ1) is 16.0. The Morgan fingerprint density at radius 1 is 1.09 bits per heavy atom. The number of ether oxygens (including phenoxy) is 3. The van der Waals surface area contributed by atoms with Gasteiger partial charge in [0.1, 0.15) is 0 Å². The Morgan fingerprint density at radius 3 is 2.48 bits per heavy atom. The van der Waals surface area contributed by atoms with Crippen molar-refractivity contribution in [3.63, 3.8) is 0 Å². The Hall–Kier alpha value is -3.51. The van der Waals surface area contributed by atoms with Gasteiger partial charge in [-0.25, -0.2) is 9.80 Å². The van der Waals surface area contributed by atoms with Crippen molar-refractivity contribution in [2.45, 2.75) is 25.6 Å². The summed E-state index contributed by atoms with van der Waals surface area (Å²) in [5, 5.41) is 7.53. The number of benzene rings is 3. The number of aryl methyl sites for hydroxylation is 1. The second kappa shape index (κ2) is 8.45. The summed E-state index contributed by atoms with van der Waals surface area (Å²) in [5.41, 5.74) is 5.53. The zero-order chi connectivity index (χ0) is 23.1. The highest BCUT2D eigenvalue weighted by Crippen LogP contribution is 2.51. The number of carbonyl (C=O) groups excluding carboxylic acids is 1. The van der Waals surface area contributed by atoms with Gasteiger partial charge in [-0.15, -0.1) is 0 Å². The summed E-state index contributed by atoms with van der Waals surface area (Å²) >= 11 is 6.40. The molecule has 5 rings (SSSR count). The standard InChI is InChI=1S/C26H23ClN2O4/c1-15-4-6-16(7-5-15)21-14-22-20-12-19(27)13-23(31-2)24(20)33-25(29(22)28-21)17-8-10-18(11-9-17)26(30)32-3/h4-13,22,25H,14H2,1-3H3/t22-,25-/m0/s1. The first-order valence-electron chi connectivity index (χ1n) is 10.6. The highest BCUT2D eigenvalue weighted by atomic mass is 35.5. The molecule has 7 heteroatoms. The number of hydrazone groups is 1. The Bertz CT molecular complexity index is 1240. The third kappa shape index (κ3) is 3.80. The minimum absolute atomic E-state index is 0.0667. The van der Waals surface area contributed by atoms with Crippen LogP contribution in [0.3, 0.4) is 0 Å². The van der Waals surface area contributed by atoms with Crippen LogP contribution in [0.15, 0.2) is 65.8 Å². The van der Waals surface area contributed by atoms with E-state index in [0.29, 0.717) is 28.5 Å². The van der Waals surface area contributed by atoms with Crippen molar-refractivity contribution in [3.05, 3.63) is 93.5 Å². The number of fused-ring (bicyclic) bond motifs is 3. The van der Waals surface area contributed by atoms with E-state index in [1.54, 1.807) is 25.3 Å². The highest BCUT2D eigenvalue weighted by Gasteiger charge is 2.42. The number of nitrogens with zero attached hydrogens (tertiary/aromatic N) is 2. The molecule has 2 aliphatic heterocycles. The van der Waals surface area contributed by atoms with Gasteiger partial charge in [-0.2, -0.15) is 5.10 Å². The molecule has 2 atom stereocenters. The van der Waals surface area contributed by atoms with Crippen molar-refractivity contribution in [3.8, 4) is 11.5 Å². The van der Waals surface area contributed by atoms with E-state index in [-0.39, 0.29) is 12.0 Å². The second-order valence-corrected chi connectivity index (χ2v) is 8.56. The zero-order valence-corrected chi connectivity index (χ0v) is 19.3. The molecule has 0 saturated carbocycles. The van der Waals surface area contributed by atoms with Gasteiger partial charge in [0.15, 0.2) is 11.5 Å². The van der Waals surface area contributed by atoms with Crippen molar-refractivity contribution in [1.29, 1.82) is 0 Å². The fraction of sp³-hybridized carbons (Fsp3) is 0.231. The van der Waals surface area contributed by atoms with E-state index >= 15 is 0 Å². The van der Waals surface area contributed by atoms with E-state index in [1.165, 1.54) is 12.7 Å². The van der Waals surface area contributed by atoms with Crippen molar-refractivity contribution < 1.29 is 19.0 Å². The maximum Gasteiger partial charge on any atom is 0.337 e. The molecule has 0 bridgehead atoms. The molecule has 0 spiro atoms. The number of methoxy groups -OCH3 is 2. The van der Waals surface area contributed by atoms with Crippen molar-refractivity contribution in [2.24, 2.45) is 5.10 Å². The summed E-state index contributed by atoms with van der Waals surface area (Å²) < 4.78 is 16.9. The largest absolute Gasteiger partial charge is 0.493 e. The smallest absolute Gasteiger partial charge is 0.337 e. The molecule has 2 aliphatic rings. The van der Waals surface area contributed by atoms with Crippen LogP contribution in [0.1, 0.15) is 51.3 Å². The van der Waals surface area contributed by atoms with Gasteiger partial charge in [0.25, 0.3) is 0 Å². The fourth-order valence-electron chi connectivity index (χ4n) is 4.32. The Balaban J connectivity index is 1.59. The molecule has 0 aromatic heterocycles. The van der Waals surface area contributed by atoms with Crippen molar-refractivity contribution in [1.82, 2.24) is 5.01 Å². The Labute approximate surface area is 197 Å². The summed E-state index contributed by atoms with van der Waals surface area (Å²) in [4.78, 5) is 11.9. The average Bonchev–Trinajstić information content (AvgIpc) is 3.29. The lowest BCUT2D eigenvalue weighted by Gasteiger charge is -2.38. The number of hydrogen-bond donors (Lipinski definition) is 0. The summed E-state index contributed by atoms with van der Waals surface area (Å²) in [7, 11) is 2.97. The van der Waals surface area contributed by atoms with Crippen LogP contribution in [0, 0.1) is 6.92 Å². The normalized spacial score (nSPS) is 18.7. The van der Waals surface area contributed by atoms with Crippen molar-refractivity contribution in [2.75, 3.05) is 14.2 Å². The molecule has 2 heterocycles. The van der Waals surface area contributed by atoms with Gasteiger partial charge in [-0.3, -0.25) is 0 Å². The SMILES string of the molecule is COC(=O)c1ccc([C@@H]2Oc3c(OC)cc(Cl)cc3[C@@H]3CC(c4ccc(C)cc4)=NN32)cc1. The first kappa shape index (κ1) is 21.3. The van der Waals surface area contributed by atoms with Gasteiger partial charge < -0.3 is 14.2 Å². The molecular weight excluding hydrogens is 440 g/mol. The zero-order valence-electron chi connectivity index (χ0n) is 18.5. The monoisotopic (exact) mass is 462 g/mol. The lowest BCUT2D eigenvalue weighted by Crippen LogP contribution is -2.34. The number of hydrogen-bond acceptors (Lipinski definition) is 6.